The highest BCUT2D eigenvalue weighted by Crippen LogP contribution is 2.25. The van der Waals surface area contributed by atoms with E-state index >= 15 is 0 Å². The lowest BCUT2D eigenvalue weighted by Crippen LogP contribution is -2.05. The van der Waals surface area contributed by atoms with Crippen LogP contribution in [-0.2, 0) is 11.3 Å². The Morgan fingerprint density at radius 1 is 0.913 bits per heavy atom. The molecule has 3 aromatic rings. The van der Waals surface area contributed by atoms with E-state index < -0.39 is 6.10 Å². The van der Waals surface area contributed by atoms with Crippen molar-refractivity contribution in [3.63, 3.8) is 0 Å². The van der Waals surface area contributed by atoms with Crippen molar-refractivity contribution in [2.45, 2.75) is 19.4 Å². The molecule has 3 nitrogen and oxygen atoms in total. The third kappa shape index (κ3) is 3.83. The van der Waals surface area contributed by atoms with E-state index in [2.05, 4.69) is 22.0 Å². The largest absolute Gasteiger partial charge is 0.261 e. The van der Waals surface area contributed by atoms with E-state index in [-0.39, 0.29) is 0 Å². The second kappa shape index (κ2) is 7.18. The third-order valence-corrected chi connectivity index (χ3v) is 3.86. The molecule has 1 aromatic heterocycles. The predicted octanol–water partition coefficient (Wildman–Crippen LogP) is 4.56. The van der Waals surface area contributed by atoms with Gasteiger partial charge in [0.25, 0.3) is 0 Å². The summed E-state index contributed by atoms with van der Waals surface area (Å²) >= 11 is 0. The first-order chi connectivity index (χ1) is 11.3. The van der Waals surface area contributed by atoms with Gasteiger partial charge in [-0.05, 0) is 24.1 Å². The van der Waals surface area contributed by atoms with Gasteiger partial charge in [0.05, 0.1) is 0 Å². The van der Waals surface area contributed by atoms with Gasteiger partial charge in [0.15, 0.2) is 0 Å². The molecule has 1 heterocycles. The van der Waals surface area contributed by atoms with Crippen molar-refractivity contribution >= 4 is 0 Å². The van der Waals surface area contributed by atoms with Crippen LogP contribution in [0.1, 0.15) is 34.1 Å². The molecule has 0 radical (unpaired) electrons. The fourth-order valence-electron chi connectivity index (χ4n) is 2.56. The zero-order valence-electron chi connectivity index (χ0n) is 13.0. The highest BCUT2D eigenvalue weighted by atomic mass is 17.1. The molecule has 1 atom stereocenters. The van der Waals surface area contributed by atoms with Crippen molar-refractivity contribution in [1.29, 1.82) is 0 Å². The Morgan fingerprint density at radius 2 is 1.61 bits per heavy atom. The van der Waals surface area contributed by atoms with Crippen LogP contribution in [0.15, 0.2) is 72.9 Å². The molecule has 1 unspecified atom stereocenters. The van der Waals surface area contributed by atoms with E-state index in [1.807, 2.05) is 61.5 Å². The fraction of sp³-hybridized carbons (Fsp3) is 0.150. The van der Waals surface area contributed by atoms with Gasteiger partial charge in [-0.3, -0.25) is 10.2 Å². The molecule has 116 valence electrons. The highest BCUT2D eigenvalue weighted by molar-refractivity contribution is 5.32. The normalized spacial score (nSPS) is 12.1. The minimum absolute atomic E-state index is 0.520. The van der Waals surface area contributed by atoms with Crippen LogP contribution in [0.2, 0.25) is 0 Å². The minimum Gasteiger partial charge on any atom is -0.261 e. The average molecular weight is 305 g/mol. The van der Waals surface area contributed by atoms with Crippen LogP contribution in [0.3, 0.4) is 0 Å². The summed E-state index contributed by atoms with van der Waals surface area (Å²) in [5, 5.41) is 9.28. The van der Waals surface area contributed by atoms with Gasteiger partial charge >= 0.3 is 0 Å². The number of pyridine rings is 1. The van der Waals surface area contributed by atoms with Crippen molar-refractivity contribution in [3.05, 3.63) is 101 Å². The number of aryl methyl sites for hydroxylation is 1. The van der Waals surface area contributed by atoms with Gasteiger partial charge in [-0.15, -0.1) is 0 Å². The Bertz CT molecular complexity index is 737. The molecule has 23 heavy (non-hydrogen) atoms. The minimum atomic E-state index is -0.520. The standard InChI is InChI=1S/C20H19NO2/c1-15-7-9-17(10-8-15)20(23-22)18-11-12-19(21-14-18)13-16-5-3-2-4-6-16/h2-12,14,20,22H,13H2,1H3. The van der Waals surface area contributed by atoms with Crippen molar-refractivity contribution in [2.75, 3.05) is 0 Å². The Hall–Kier alpha value is -2.49. The molecule has 3 heteroatoms. The lowest BCUT2D eigenvalue weighted by Gasteiger charge is -2.14. The number of aromatic nitrogens is 1. The summed E-state index contributed by atoms with van der Waals surface area (Å²) in [7, 11) is 0. The maximum Gasteiger partial charge on any atom is 0.144 e. The molecule has 0 aliphatic heterocycles. The molecular formula is C20H19NO2. The molecule has 0 spiro atoms. The van der Waals surface area contributed by atoms with E-state index in [4.69, 9.17) is 0 Å². The quantitative estimate of drug-likeness (QED) is 0.555. The van der Waals surface area contributed by atoms with Gasteiger partial charge < -0.3 is 0 Å². The maximum absolute atomic E-state index is 9.28. The zero-order valence-corrected chi connectivity index (χ0v) is 13.0. The first-order valence-electron chi connectivity index (χ1n) is 7.62. The Kier molecular flexibility index (Phi) is 4.81. The van der Waals surface area contributed by atoms with Crippen molar-refractivity contribution in [1.82, 2.24) is 4.98 Å². The summed E-state index contributed by atoms with van der Waals surface area (Å²) in [6.45, 7) is 2.03. The van der Waals surface area contributed by atoms with Gasteiger partial charge in [0.2, 0.25) is 0 Å². The number of benzene rings is 2. The Morgan fingerprint density at radius 3 is 2.22 bits per heavy atom. The number of rotatable bonds is 5. The molecule has 2 aromatic carbocycles. The van der Waals surface area contributed by atoms with Gasteiger partial charge in [0.1, 0.15) is 6.10 Å². The second-order valence-electron chi connectivity index (χ2n) is 5.64. The predicted molar refractivity (Wildman–Crippen MR) is 90.2 cm³/mol. The Labute approximate surface area is 136 Å². The molecule has 0 saturated carbocycles. The van der Waals surface area contributed by atoms with E-state index in [0.717, 1.165) is 23.2 Å². The van der Waals surface area contributed by atoms with E-state index in [9.17, 15) is 5.26 Å². The lowest BCUT2D eigenvalue weighted by atomic mass is 10.0. The van der Waals surface area contributed by atoms with Crippen LogP contribution in [0.5, 0.6) is 0 Å². The second-order valence-corrected chi connectivity index (χ2v) is 5.64. The van der Waals surface area contributed by atoms with Gasteiger partial charge in [0, 0.05) is 23.9 Å². The molecule has 3 rings (SSSR count). The molecular weight excluding hydrogens is 286 g/mol. The van der Waals surface area contributed by atoms with Gasteiger partial charge in [-0.25, -0.2) is 4.89 Å². The van der Waals surface area contributed by atoms with E-state index in [1.54, 1.807) is 6.20 Å². The molecule has 0 saturated heterocycles. The molecule has 0 aliphatic rings. The summed E-state index contributed by atoms with van der Waals surface area (Å²) in [6, 6.07) is 22.1. The van der Waals surface area contributed by atoms with Gasteiger partial charge in [-0.2, -0.15) is 0 Å². The van der Waals surface area contributed by atoms with Crippen LogP contribution in [0.25, 0.3) is 0 Å². The summed E-state index contributed by atoms with van der Waals surface area (Å²) < 4.78 is 0. The molecule has 0 aliphatic carbocycles. The van der Waals surface area contributed by atoms with Crippen molar-refractivity contribution in [2.24, 2.45) is 0 Å². The van der Waals surface area contributed by atoms with Gasteiger partial charge in [-0.1, -0.05) is 66.2 Å². The van der Waals surface area contributed by atoms with Crippen LogP contribution in [0.4, 0.5) is 0 Å². The van der Waals surface area contributed by atoms with Crippen molar-refractivity contribution < 1.29 is 10.1 Å². The fourth-order valence-corrected chi connectivity index (χ4v) is 2.56. The Balaban J connectivity index is 1.78. The van der Waals surface area contributed by atoms with Crippen LogP contribution in [-0.4, -0.2) is 10.2 Å². The molecule has 0 amide bonds. The highest BCUT2D eigenvalue weighted by Gasteiger charge is 2.15. The topological polar surface area (TPSA) is 42.4 Å². The van der Waals surface area contributed by atoms with E-state index in [1.165, 1.54) is 11.1 Å². The zero-order chi connectivity index (χ0) is 16.1. The lowest BCUT2D eigenvalue weighted by molar-refractivity contribution is -0.270. The first kappa shape index (κ1) is 15.4. The molecule has 0 bridgehead atoms. The SMILES string of the molecule is Cc1ccc(C(OO)c2ccc(Cc3ccccc3)nc2)cc1. The summed E-state index contributed by atoms with van der Waals surface area (Å²) in [4.78, 5) is 9.18. The van der Waals surface area contributed by atoms with Crippen LogP contribution >= 0.6 is 0 Å². The van der Waals surface area contributed by atoms with Crippen LogP contribution in [0, 0.1) is 6.92 Å². The average Bonchev–Trinajstić information content (AvgIpc) is 2.60. The third-order valence-electron chi connectivity index (χ3n) is 3.86. The summed E-state index contributed by atoms with van der Waals surface area (Å²) in [5.41, 5.74) is 5.10. The van der Waals surface area contributed by atoms with Crippen molar-refractivity contribution in [3.8, 4) is 0 Å². The van der Waals surface area contributed by atoms with Crippen LogP contribution < -0.4 is 0 Å². The van der Waals surface area contributed by atoms with E-state index in [0.29, 0.717) is 0 Å². The number of hydrogen-bond acceptors (Lipinski definition) is 3. The smallest absolute Gasteiger partial charge is 0.144 e. The summed E-state index contributed by atoms with van der Waals surface area (Å²) in [6.07, 6.45) is 2.03. The summed E-state index contributed by atoms with van der Waals surface area (Å²) in [5.74, 6) is 0. The monoisotopic (exact) mass is 305 g/mol. The molecule has 1 N–H and O–H groups in total. The maximum atomic E-state index is 9.28. The molecule has 0 fully saturated rings. The number of nitrogens with zero attached hydrogens (tertiary/aromatic N) is 1. The number of hydrogen-bond donors (Lipinski definition) is 1. The first-order valence-corrected chi connectivity index (χ1v) is 7.62.